The molecule has 0 unspecified atom stereocenters. The third-order valence-electron chi connectivity index (χ3n) is 3.34. The molecule has 2 rings (SSSR count). The minimum atomic E-state index is -1.43. The maximum atomic E-state index is 10.8. The number of ether oxygens (including phenoxy) is 2. The minimum absolute atomic E-state index is 0.00258. The first-order chi connectivity index (χ1) is 9.99. The van der Waals surface area contributed by atoms with Crippen LogP contribution in [0.15, 0.2) is 30.3 Å². The predicted molar refractivity (Wildman–Crippen MR) is 72.2 cm³/mol. The third-order valence-corrected chi connectivity index (χ3v) is 3.34. The van der Waals surface area contributed by atoms with Gasteiger partial charge in [0.1, 0.15) is 24.1 Å². The molecule has 1 fully saturated rings. The molecule has 0 radical (unpaired) electrons. The van der Waals surface area contributed by atoms with E-state index in [-0.39, 0.29) is 12.8 Å². The summed E-state index contributed by atoms with van der Waals surface area (Å²) in [7, 11) is 0. The van der Waals surface area contributed by atoms with E-state index in [0.29, 0.717) is 5.75 Å². The SMILES string of the molecule is NC(=O)CC[C@H]1O[C@H](Oc2ccccc2)[C@@H](O)[C@@H](O)[C@@H]1O. The number of rotatable bonds is 5. The van der Waals surface area contributed by atoms with Gasteiger partial charge in [-0.05, 0) is 18.6 Å². The summed E-state index contributed by atoms with van der Waals surface area (Å²) in [5.41, 5.74) is 5.06. The van der Waals surface area contributed by atoms with Gasteiger partial charge in [0.25, 0.3) is 0 Å². The Morgan fingerprint density at radius 1 is 1.14 bits per heavy atom. The summed E-state index contributed by atoms with van der Waals surface area (Å²) >= 11 is 0. The monoisotopic (exact) mass is 297 g/mol. The van der Waals surface area contributed by atoms with E-state index in [1.54, 1.807) is 30.3 Å². The van der Waals surface area contributed by atoms with Crippen LogP contribution in [0.3, 0.4) is 0 Å². The van der Waals surface area contributed by atoms with Crippen LogP contribution in [0.1, 0.15) is 12.8 Å². The van der Waals surface area contributed by atoms with Gasteiger partial charge in [-0.2, -0.15) is 0 Å². The Morgan fingerprint density at radius 2 is 1.81 bits per heavy atom. The number of amides is 1. The number of aliphatic hydroxyl groups excluding tert-OH is 3. The van der Waals surface area contributed by atoms with E-state index < -0.39 is 36.6 Å². The Bertz CT molecular complexity index is 468. The number of carbonyl (C=O) groups is 1. The largest absolute Gasteiger partial charge is 0.462 e. The molecule has 7 heteroatoms. The molecule has 116 valence electrons. The van der Waals surface area contributed by atoms with Gasteiger partial charge in [0.2, 0.25) is 12.2 Å². The maximum absolute atomic E-state index is 10.8. The minimum Gasteiger partial charge on any atom is -0.462 e. The lowest BCUT2D eigenvalue weighted by molar-refractivity contribution is -0.273. The Balaban J connectivity index is 2.04. The molecule has 1 amide bonds. The summed E-state index contributed by atoms with van der Waals surface area (Å²) in [5.74, 6) is -0.0780. The lowest BCUT2D eigenvalue weighted by atomic mass is 9.96. The second kappa shape index (κ2) is 6.86. The summed E-state index contributed by atoms with van der Waals surface area (Å²) in [6.45, 7) is 0. The molecule has 0 bridgehead atoms. The standard InChI is InChI=1S/C14H19NO6/c15-10(16)7-6-9-11(17)12(18)13(19)14(21-9)20-8-4-2-1-3-5-8/h1-5,9,11-14,17-19H,6-7H2,(H2,15,16)/t9-,11-,12+,13+,14+/m1/s1. The zero-order valence-corrected chi connectivity index (χ0v) is 11.3. The van der Waals surface area contributed by atoms with Gasteiger partial charge in [-0.15, -0.1) is 0 Å². The van der Waals surface area contributed by atoms with Crippen LogP contribution in [-0.2, 0) is 9.53 Å². The number of hydrogen-bond acceptors (Lipinski definition) is 6. The molecule has 1 saturated heterocycles. The van der Waals surface area contributed by atoms with E-state index in [4.69, 9.17) is 15.2 Å². The Labute approximate surface area is 121 Å². The smallest absolute Gasteiger partial charge is 0.229 e. The fourth-order valence-electron chi connectivity index (χ4n) is 2.17. The van der Waals surface area contributed by atoms with Crippen LogP contribution >= 0.6 is 0 Å². The van der Waals surface area contributed by atoms with Crippen molar-refractivity contribution in [2.75, 3.05) is 0 Å². The van der Waals surface area contributed by atoms with Crippen molar-refractivity contribution >= 4 is 5.91 Å². The number of nitrogens with two attached hydrogens (primary N) is 1. The molecule has 0 aliphatic carbocycles. The fraction of sp³-hybridized carbons (Fsp3) is 0.500. The van der Waals surface area contributed by atoms with Crippen molar-refractivity contribution in [3.63, 3.8) is 0 Å². The van der Waals surface area contributed by atoms with Crippen LogP contribution < -0.4 is 10.5 Å². The molecule has 1 aromatic rings. The van der Waals surface area contributed by atoms with Crippen LogP contribution in [0.2, 0.25) is 0 Å². The maximum Gasteiger partial charge on any atom is 0.229 e. The summed E-state index contributed by atoms with van der Waals surface area (Å²) in [5, 5.41) is 29.6. The molecule has 1 aliphatic heterocycles. The van der Waals surface area contributed by atoms with Crippen molar-refractivity contribution in [3.05, 3.63) is 30.3 Å². The first-order valence-electron chi connectivity index (χ1n) is 6.68. The molecular formula is C14H19NO6. The van der Waals surface area contributed by atoms with Crippen LogP contribution in [0.5, 0.6) is 5.75 Å². The molecule has 1 aliphatic rings. The molecule has 7 nitrogen and oxygen atoms in total. The van der Waals surface area contributed by atoms with Crippen molar-refractivity contribution in [1.82, 2.24) is 0 Å². The molecule has 1 aromatic carbocycles. The van der Waals surface area contributed by atoms with Crippen molar-refractivity contribution in [2.24, 2.45) is 5.73 Å². The van der Waals surface area contributed by atoms with E-state index in [0.717, 1.165) is 0 Å². The van der Waals surface area contributed by atoms with Crippen molar-refractivity contribution in [2.45, 2.75) is 43.5 Å². The second-order valence-electron chi connectivity index (χ2n) is 4.95. The van der Waals surface area contributed by atoms with Gasteiger partial charge < -0.3 is 30.5 Å². The van der Waals surface area contributed by atoms with Crippen LogP contribution in [0, 0.1) is 0 Å². The van der Waals surface area contributed by atoms with Gasteiger partial charge in [-0.3, -0.25) is 4.79 Å². The number of benzene rings is 1. The van der Waals surface area contributed by atoms with Gasteiger partial charge >= 0.3 is 0 Å². The van der Waals surface area contributed by atoms with Gasteiger partial charge in [0, 0.05) is 6.42 Å². The summed E-state index contributed by atoms with van der Waals surface area (Å²) in [4.78, 5) is 10.8. The lowest BCUT2D eigenvalue weighted by Gasteiger charge is -2.40. The Hall–Kier alpha value is -1.67. The van der Waals surface area contributed by atoms with Crippen molar-refractivity contribution in [1.29, 1.82) is 0 Å². The van der Waals surface area contributed by atoms with E-state index in [1.165, 1.54) is 0 Å². The fourth-order valence-corrected chi connectivity index (χ4v) is 2.17. The molecule has 0 saturated carbocycles. The molecule has 1 heterocycles. The average Bonchev–Trinajstić information content (AvgIpc) is 2.47. The number of para-hydroxylation sites is 1. The molecule has 5 N–H and O–H groups in total. The topological polar surface area (TPSA) is 122 Å². The highest BCUT2D eigenvalue weighted by Crippen LogP contribution is 2.26. The average molecular weight is 297 g/mol. The van der Waals surface area contributed by atoms with Crippen LogP contribution in [-0.4, -0.2) is 51.9 Å². The normalized spacial score (nSPS) is 32.6. The zero-order valence-electron chi connectivity index (χ0n) is 11.3. The van der Waals surface area contributed by atoms with Crippen LogP contribution in [0.25, 0.3) is 0 Å². The summed E-state index contributed by atoms with van der Waals surface area (Å²) in [6.07, 6.45) is -5.98. The van der Waals surface area contributed by atoms with Gasteiger partial charge in [0.15, 0.2) is 0 Å². The predicted octanol–water partition coefficient (Wildman–Crippen LogP) is -0.862. The zero-order chi connectivity index (χ0) is 15.4. The van der Waals surface area contributed by atoms with Crippen LogP contribution in [0.4, 0.5) is 0 Å². The number of primary amides is 1. The van der Waals surface area contributed by atoms with E-state index >= 15 is 0 Å². The number of hydrogen-bond donors (Lipinski definition) is 4. The molecular weight excluding hydrogens is 278 g/mol. The lowest BCUT2D eigenvalue weighted by Crippen LogP contribution is -2.59. The number of carbonyl (C=O) groups excluding carboxylic acids is 1. The first kappa shape index (κ1) is 15.7. The molecule has 5 atom stereocenters. The highest BCUT2D eigenvalue weighted by atomic mass is 16.7. The Kier molecular flexibility index (Phi) is 5.13. The second-order valence-corrected chi connectivity index (χ2v) is 4.95. The first-order valence-corrected chi connectivity index (χ1v) is 6.68. The van der Waals surface area contributed by atoms with Gasteiger partial charge in [0.05, 0.1) is 6.10 Å². The molecule has 21 heavy (non-hydrogen) atoms. The number of aliphatic hydroxyl groups is 3. The molecule has 0 spiro atoms. The van der Waals surface area contributed by atoms with Gasteiger partial charge in [-0.25, -0.2) is 0 Å². The van der Waals surface area contributed by atoms with Crippen molar-refractivity contribution < 1.29 is 29.6 Å². The third kappa shape index (κ3) is 3.92. The quantitative estimate of drug-likeness (QED) is 0.561. The van der Waals surface area contributed by atoms with Gasteiger partial charge in [-0.1, -0.05) is 18.2 Å². The summed E-state index contributed by atoms with van der Waals surface area (Å²) in [6, 6.07) is 8.65. The molecule has 0 aromatic heterocycles. The van der Waals surface area contributed by atoms with E-state index in [2.05, 4.69) is 0 Å². The summed E-state index contributed by atoms with van der Waals surface area (Å²) < 4.78 is 10.9. The Morgan fingerprint density at radius 3 is 2.43 bits per heavy atom. The highest BCUT2D eigenvalue weighted by Gasteiger charge is 2.44. The van der Waals surface area contributed by atoms with E-state index in [1.807, 2.05) is 0 Å². The highest BCUT2D eigenvalue weighted by molar-refractivity contribution is 5.73. The van der Waals surface area contributed by atoms with E-state index in [9.17, 15) is 20.1 Å². The van der Waals surface area contributed by atoms with Crippen molar-refractivity contribution in [3.8, 4) is 5.75 Å².